The van der Waals surface area contributed by atoms with Gasteiger partial charge in [0.2, 0.25) is 20.0 Å². The summed E-state index contributed by atoms with van der Waals surface area (Å²) in [5.41, 5.74) is 0. The minimum atomic E-state index is -3.94. The van der Waals surface area contributed by atoms with E-state index in [2.05, 4.69) is 9.44 Å². The molecule has 8 nitrogen and oxygen atoms in total. The first-order chi connectivity index (χ1) is 9.26. The summed E-state index contributed by atoms with van der Waals surface area (Å²) < 4.78 is 51.0. The third-order valence-corrected chi connectivity index (χ3v) is 5.44. The predicted molar refractivity (Wildman–Crippen MR) is 71.0 cm³/mol. The van der Waals surface area contributed by atoms with Crippen molar-refractivity contribution in [2.75, 3.05) is 20.3 Å². The lowest BCUT2D eigenvalue weighted by atomic mass is 10.4. The molecule has 10 heteroatoms. The van der Waals surface area contributed by atoms with Crippen LogP contribution >= 0.6 is 0 Å². The number of hydrogen-bond donors (Lipinski definition) is 4. The molecule has 0 unspecified atom stereocenters. The summed E-state index contributed by atoms with van der Waals surface area (Å²) in [5.74, 6) is 0. The fourth-order valence-electron chi connectivity index (χ4n) is 1.34. The van der Waals surface area contributed by atoms with Crippen molar-refractivity contribution in [1.82, 2.24) is 9.44 Å². The third-order valence-electron chi connectivity index (χ3n) is 2.48. The molecule has 0 aliphatic heterocycles. The largest absolute Gasteiger partial charge is 0.395 e. The maximum Gasteiger partial charge on any atom is 0.240 e. The third kappa shape index (κ3) is 3.98. The smallest absolute Gasteiger partial charge is 0.240 e. The van der Waals surface area contributed by atoms with Gasteiger partial charge < -0.3 is 10.2 Å². The van der Waals surface area contributed by atoms with E-state index in [4.69, 9.17) is 10.2 Å². The maximum absolute atomic E-state index is 11.9. The normalized spacial score (nSPS) is 12.8. The molecule has 0 radical (unpaired) electrons. The van der Waals surface area contributed by atoms with E-state index >= 15 is 0 Å². The molecule has 0 fully saturated rings. The van der Waals surface area contributed by atoms with Crippen molar-refractivity contribution in [2.45, 2.75) is 15.8 Å². The Kier molecular flexibility index (Phi) is 5.62. The molecule has 1 rings (SSSR count). The molecule has 0 saturated heterocycles. The molecule has 0 bridgehead atoms. The second-order valence-electron chi connectivity index (χ2n) is 3.86. The zero-order valence-electron chi connectivity index (χ0n) is 10.6. The number of sulfonamides is 2. The van der Waals surface area contributed by atoms with Crippen molar-refractivity contribution >= 4 is 20.0 Å². The lowest BCUT2D eigenvalue weighted by Crippen LogP contribution is -2.40. The highest BCUT2D eigenvalue weighted by molar-refractivity contribution is 7.90. The number of aliphatic hydroxyl groups excluding tert-OH is 2. The Morgan fingerprint density at radius 1 is 0.950 bits per heavy atom. The molecule has 0 amide bonds. The summed E-state index contributed by atoms with van der Waals surface area (Å²) in [6.07, 6.45) is 0. The number of hydrogen-bond acceptors (Lipinski definition) is 6. The van der Waals surface area contributed by atoms with Crippen LogP contribution in [0.3, 0.4) is 0 Å². The van der Waals surface area contributed by atoms with Crippen LogP contribution in [0.25, 0.3) is 0 Å². The molecule has 1 aromatic carbocycles. The summed E-state index contributed by atoms with van der Waals surface area (Å²) in [7, 11) is -6.33. The Hall–Kier alpha value is -1.04. The van der Waals surface area contributed by atoms with E-state index in [0.717, 1.165) is 24.3 Å². The van der Waals surface area contributed by atoms with E-state index in [1.54, 1.807) is 0 Å². The van der Waals surface area contributed by atoms with Crippen LogP contribution in [-0.2, 0) is 20.0 Å². The van der Waals surface area contributed by atoms with E-state index in [0.29, 0.717) is 0 Å². The first-order valence-electron chi connectivity index (χ1n) is 5.54. The Morgan fingerprint density at radius 2 is 1.35 bits per heavy atom. The number of aliphatic hydroxyl groups is 2. The zero-order valence-corrected chi connectivity index (χ0v) is 12.3. The van der Waals surface area contributed by atoms with Crippen LogP contribution in [0, 0.1) is 0 Å². The first kappa shape index (κ1) is 17.0. The summed E-state index contributed by atoms with van der Waals surface area (Å²) in [6, 6.07) is 3.53. The van der Waals surface area contributed by atoms with E-state index in [9.17, 15) is 16.8 Å². The van der Waals surface area contributed by atoms with Crippen LogP contribution in [-0.4, -0.2) is 53.4 Å². The van der Waals surface area contributed by atoms with Gasteiger partial charge >= 0.3 is 0 Å². The van der Waals surface area contributed by atoms with Gasteiger partial charge in [0.25, 0.3) is 0 Å². The molecule has 0 aliphatic carbocycles. The first-order valence-corrected chi connectivity index (χ1v) is 8.51. The number of benzene rings is 1. The van der Waals surface area contributed by atoms with E-state index in [-0.39, 0.29) is 9.79 Å². The van der Waals surface area contributed by atoms with Gasteiger partial charge in [-0.2, -0.15) is 0 Å². The molecule has 0 spiro atoms. The van der Waals surface area contributed by atoms with Crippen molar-refractivity contribution in [3.8, 4) is 0 Å². The van der Waals surface area contributed by atoms with Gasteiger partial charge in [0.15, 0.2) is 0 Å². The average molecular weight is 324 g/mol. The zero-order chi connectivity index (χ0) is 15.4. The Morgan fingerprint density at radius 3 is 1.70 bits per heavy atom. The topological polar surface area (TPSA) is 133 Å². The Labute approximate surface area is 117 Å². The van der Waals surface area contributed by atoms with Gasteiger partial charge in [-0.3, -0.25) is 0 Å². The minimum Gasteiger partial charge on any atom is -0.395 e. The van der Waals surface area contributed by atoms with E-state index in [1.165, 1.54) is 7.05 Å². The average Bonchev–Trinajstić information content (AvgIpc) is 2.45. The molecule has 1 aromatic rings. The van der Waals surface area contributed by atoms with Gasteiger partial charge in [0.1, 0.15) is 0 Å². The van der Waals surface area contributed by atoms with Crippen LogP contribution in [0.1, 0.15) is 0 Å². The van der Waals surface area contributed by atoms with Gasteiger partial charge in [0, 0.05) is 0 Å². The molecule has 0 heterocycles. The molecule has 114 valence electrons. The van der Waals surface area contributed by atoms with Gasteiger partial charge in [-0.05, 0) is 31.3 Å². The second-order valence-corrected chi connectivity index (χ2v) is 7.46. The van der Waals surface area contributed by atoms with Crippen molar-refractivity contribution in [2.24, 2.45) is 0 Å². The maximum atomic E-state index is 11.9. The van der Waals surface area contributed by atoms with Crippen molar-refractivity contribution < 1.29 is 27.0 Å². The molecule has 0 aromatic heterocycles. The van der Waals surface area contributed by atoms with Gasteiger partial charge in [-0.15, -0.1) is 0 Å². The SMILES string of the molecule is CNS(=O)(=O)c1ccc(S(=O)(=O)NC(CO)CO)cc1. The lowest BCUT2D eigenvalue weighted by Gasteiger charge is -2.13. The Balaban J connectivity index is 3.04. The van der Waals surface area contributed by atoms with Crippen molar-refractivity contribution in [3.63, 3.8) is 0 Å². The van der Waals surface area contributed by atoms with Crippen LogP contribution in [0.4, 0.5) is 0 Å². The van der Waals surface area contributed by atoms with Crippen molar-refractivity contribution in [3.05, 3.63) is 24.3 Å². The van der Waals surface area contributed by atoms with Gasteiger partial charge in [-0.25, -0.2) is 26.3 Å². The second kappa shape index (κ2) is 6.61. The molecule has 0 saturated carbocycles. The molecule has 20 heavy (non-hydrogen) atoms. The van der Waals surface area contributed by atoms with Crippen LogP contribution in [0.2, 0.25) is 0 Å². The summed E-state index contributed by atoms with van der Waals surface area (Å²) in [4.78, 5) is -0.237. The monoisotopic (exact) mass is 324 g/mol. The Bertz CT molecular complexity index is 635. The molecule has 0 aliphatic rings. The standard InChI is InChI=1S/C10H16N2O6S2/c1-11-19(15,16)9-2-4-10(5-3-9)20(17,18)12-8(6-13)7-14/h2-5,8,11-14H,6-7H2,1H3. The molecular formula is C10H16N2O6S2. The minimum absolute atomic E-state index is 0.0696. The van der Waals surface area contributed by atoms with E-state index in [1.807, 2.05) is 0 Å². The fraction of sp³-hybridized carbons (Fsp3) is 0.400. The van der Waals surface area contributed by atoms with Crippen LogP contribution in [0.15, 0.2) is 34.1 Å². The quantitative estimate of drug-likeness (QED) is 0.469. The molecule has 0 atom stereocenters. The predicted octanol–water partition coefficient (Wildman–Crippen LogP) is -1.77. The highest BCUT2D eigenvalue weighted by Gasteiger charge is 2.20. The summed E-state index contributed by atoms with van der Waals surface area (Å²) >= 11 is 0. The summed E-state index contributed by atoms with van der Waals surface area (Å²) in [6.45, 7) is -1.11. The van der Waals surface area contributed by atoms with Crippen molar-refractivity contribution in [1.29, 1.82) is 0 Å². The summed E-state index contributed by atoms with van der Waals surface area (Å²) in [5, 5.41) is 17.7. The van der Waals surface area contributed by atoms with Crippen LogP contribution in [0.5, 0.6) is 0 Å². The fourth-order valence-corrected chi connectivity index (χ4v) is 3.28. The number of rotatable bonds is 7. The highest BCUT2D eigenvalue weighted by Crippen LogP contribution is 2.14. The van der Waals surface area contributed by atoms with Gasteiger partial charge in [0.05, 0.1) is 29.0 Å². The molecular weight excluding hydrogens is 308 g/mol. The van der Waals surface area contributed by atoms with Gasteiger partial charge in [-0.1, -0.05) is 0 Å². The van der Waals surface area contributed by atoms with E-state index < -0.39 is 39.3 Å². The number of nitrogens with one attached hydrogen (secondary N) is 2. The lowest BCUT2D eigenvalue weighted by molar-refractivity contribution is 0.185. The van der Waals surface area contributed by atoms with Crippen LogP contribution < -0.4 is 9.44 Å². The highest BCUT2D eigenvalue weighted by atomic mass is 32.2. The molecule has 4 N–H and O–H groups in total.